The number of nitrogens with zero attached hydrogens (tertiary/aromatic N) is 1. The van der Waals surface area contributed by atoms with Crippen LogP contribution < -0.4 is 5.48 Å². The Morgan fingerprint density at radius 1 is 1.32 bits per heavy atom. The molecule has 0 spiro atoms. The van der Waals surface area contributed by atoms with Gasteiger partial charge in [-0.3, -0.25) is 14.4 Å². The Balaban J connectivity index is 2.31. The molecule has 108 valence electrons. The topological polar surface area (TPSA) is 95.9 Å². The molecular weight excluding hydrogens is 252 g/mol. The minimum atomic E-state index is -1.14. The van der Waals surface area contributed by atoms with E-state index in [0.717, 1.165) is 0 Å². The Labute approximate surface area is 111 Å². The molecule has 2 N–H and O–H groups in total. The highest BCUT2D eigenvalue weighted by Crippen LogP contribution is 2.18. The summed E-state index contributed by atoms with van der Waals surface area (Å²) in [5.74, 6) is -1.63. The number of likely N-dealkylation sites (tertiary alicyclic amines) is 1. The second kappa shape index (κ2) is 7.08. The molecule has 7 nitrogen and oxygen atoms in total. The minimum Gasteiger partial charge on any atom is -0.479 e. The van der Waals surface area contributed by atoms with E-state index in [1.54, 1.807) is 4.90 Å². The summed E-state index contributed by atoms with van der Waals surface area (Å²) in [6.45, 7) is 4.24. The first-order valence-electron chi connectivity index (χ1n) is 6.34. The van der Waals surface area contributed by atoms with Gasteiger partial charge in [-0.15, -0.1) is 0 Å². The maximum absolute atomic E-state index is 11.8. The van der Waals surface area contributed by atoms with Crippen LogP contribution in [0.25, 0.3) is 0 Å². The molecular formula is C12H20N2O5. The standard InChI is InChI=1S/C12H20N2O5/c1-8(2)12(18)14-5-3-9(4-6-14)11(17)13-19-7-10(15)16/h8-9H,3-7H2,1-2H3,(H,13,17)(H,15,16). The van der Waals surface area contributed by atoms with E-state index in [1.165, 1.54) is 0 Å². The lowest BCUT2D eigenvalue weighted by molar-refractivity contribution is -0.152. The Morgan fingerprint density at radius 2 is 1.89 bits per heavy atom. The lowest BCUT2D eigenvalue weighted by Crippen LogP contribution is -2.44. The van der Waals surface area contributed by atoms with Crippen molar-refractivity contribution in [1.82, 2.24) is 10.4 Å². The number of carbonyl (C=O) groups is 3. The quantitative estimate of drug-likeness (QED) is 0.687. The molecule has 1 heterocycles. The summed E-state index contributed by atoms with van der Waals surface area (Å²) in [5.41, 5.74) is 2.13. The predicted molar refractivity (Wildman–Crippen MR) is 65.9 cm³/mol. The molecule has 0 aromatic rings. The highest BCUT2D eigenvalue weighted by molar-refractivity contribution is 5.80. The van der Waals surface area contributed by atoms with E-state index in [-0.39, 0.29) is 23.7 Å². The van der Waals surface area contributed by atoms with Gasteiger partial charge in [-0.05, 0) is 12.8 Å². The molecule has 1 rings (SSSR count). The van der Waals surface area contributed by atoms with Crippen molar-refractivity contribution in [3.05, 3.63) is 0 Å². The van der Waals surface area contributed by atoms with Crippen LogP contribution in [-0.4, -0.2) is 47.5 Å². The van der Waals surface area contributed by atoms with Crippen LogP contribution in [0.5, 0.6) is 0 Å². The highest BCUT2D eigenvalue weighted by atomic mass is 16.7. The van der Waals surface area contributed by atoms with Gasteiger partial charge in [-0.25, -0.2) is 10.3 Å². The van der Waals surface area contributed by atoms with Gasteiger partial charge in [0.15, 0.2) is 6.61 Å². The lowest BCUT2D eigenvalue weighted by Gasteiger charge is -2.32. The summed E-state index contributed by atoms with van der Waals surface area (Å²) < 4.78 is 0. The number of aliphatic carboxylic acids is 1. The monoisotopic (exact) mass is 272 g/mol. The number of piperidine rings is 1. The number of amides is 2. The van der Waals surface area contributed by atoms with Gasteiger partial charge in [0.1, 0.15) is 0 Å². The van der Waals surface area contributed by atoms with Gasteiger partial charge in [-0.2, -0.15) is 0 Å². The molecule has 0 aromatic carbocycles. The van der Waals surface area contributed by atoms with Crippen LogP contribution in [0.15, 0.2) is 0 Å². The van der Waals surface area contributed by atoms with E-state index in [1.807, 2.05) is 13.8 Å². The van der Waals surface area contributed by atoms with Crippen LogP contribution in [0.1, 0.15) is 26.7 Å². The molecule has 0 saturated carbocycles. The van der Waals surface area contributed by atoms with Gasteiger partial charge in [0.05, 0.1) is 0 Å². The van der Waals surface area contributed by atoms with Crippen molar-refractivity contribution in [2.24, 2.45) is 11.8 Å². The van der Waals surface area contributed by atoms with Crippen molar-refractivity contribution in [3.8, 4) is 0 Å². The number of hydrogen-bond acceptors (Lipinski definition) is 4. The highest BCUT2D eigenvalue weighted by Gasteiger charge is 2.28. The lowest BCUT2D eigenvalue weighted by atomic mass is 9.95. The second-order valence-corrected chi connectivity index (χ2v) is 4.90. The summed E-state index contributed by atoms with van der Waals surface area (Å²) in [4.78, 5) is 39.9. The zero-order valence-corrected chi connectivity index (χ0v) is 11.2. The molecule has 1 saturated heterocycles. The number of carboxylic acids is 1. The van der Waals surface area contributed by atoms with Gasteiger partial charge in [0, 0.05) is 24.9 Å². The summed E-state index contributed by atoms with van der Waals surface area (Å²) in [6, 6.07) is 0. The number of carbonyl (C=O) groups excluding carboxylic acids is 2. The zero-order valence-electron chi connectivity index (χ0n) is 11.2. The third-order valence-corrected chi connectivity index (χ3v) is 3.04. The number of hydrogen-bond donors (Lipinski definition) is 2. The minimum absolute atomic E-state index is 0.0377. The van der Waals surface area contributed by atoms with Gasteiger partial charge in [0.25, 0.3) is 0 Å². The zero-order chi connectivity index (χ0) is 14.4. The summed E-state index contributed by atoms with van der Waals surface area (Å²) in [5, 5.41) is 8.36. The van der Waals surface area contributed by atoms with Crippen molar-refractivity contribution in [1.29, 1.82) is 0 Å². The average Bonchev–Trinajstić information content (AvgIpc) is 2.37. The molecule has 0 bridgehead atoms. The summed E-state index contributed by atoms with van der Waals surface area (Å²) in [6.07, 6.45) is 1.14. The molecule has 0 atom stereocenters. The fourth-order valence-electron chi connectivity index (χ4n) is 1.98. The van der Waals surface area contributed by atoms with Gasteiger partial charge >= 0.3 is 5.97 Å². The van der Waals surface area contributed by atoms with Crippen LogP contribution in [0.2, 0.25) is 0 Å². The smallest absolute Gasteiger partial charge is 0.332 e. The van der Waals surface area contributed by atoms with Gasteiger partial charge < -0.3 is 10.0 Å². The number of rotatable bonds is 5. The fraction of sp³-hybridized carbons (Fsp3) is 0.750. The van der Waals surface area contributed by atoms with E-state index in [4.69, 9.17) is 5.11 Å². The van der Waals surface area contributed by atoms with Crippen LogP contribution in [0.3, 0.4) is 0 Å². The van der Waals surface area contributed by atoms with E-state index < -0.39 is 12.6 Å². The molecule has 1 aliphatic heterocycles. The third kappa shape index (κ3) is 4.86. The van der Waals surface area contributed by atoms with Crippen molar-refractivity contribution in [2.75, 3.05) is 19.7 Å². The predicted octanol–water partition coefficient (Wildman–Crippen LogP) is 0.0134. The van der Waals surface area contributed by atoms with Crippen LogP contribution in [0.4, 0.5) is 0 Å². The Morgan fingerprint density at radius 3 is 2.37 bits per heavy atom. The SMILES string of the molecule is CC(C)C(=O)N1CCC(C(=O)NOCC(=O)O)CC1. The molecule has 0 aromatic heterocycles. The fourth-order valence-corrected chi connectivity index (χ4v) is 1.98. The van der Waals surface area contributed by atoms with E-state index in [2.05, 4.69) is 10.3 Å². The van der Waals surface area contributed by atoms with Crippen molar-refractivity contribution < 1.29 is 24.3 Å². The number of carboxylic acid groups (broad SMARTS) is 1. The summed E-state index contributed by atoms with van der Waals surface area (Å²) in [7, 11) is 0. The molecule has 7 heteroatoms. The van der Waals surface area contributed by atoms with E-state index in [0.29, 0.717) is 25.9 Å². The van der Waals surface area contributed by atoms with Gasteiger partial charge in [0.2, 0.25) is 11.8 Å². The van der Waals surface area contributed by atoms with Crippen molar-refractivity contribution in [3.63, 3.8) is 0 Å². The molecule has 1 aliphatic rings. The van der Waals surface area contributed by atoms with Crippen molar-refractivity contribution >= 4 is 17.8 Å². The van der Waals surface area contributed by atoms with Crippen molar-refractivity contribution in [2.45, 2.75) is 26.7 Å². The molecule has 0 unspecified atom stereocenters. The van der Waals surface area contributed by atoms with E-state index >= 15 is 0 Å². The average molecular weight is 272 g/mol. The Bertz CT molecular complexity index is 348. The van der Waals surface area contributed by atoms with Crippen LogP contribution in [0, 0.1) is 11.8 Å². The number of hydroxylamine groups is 1. The van der Waals surface area contributed by atoms with E-state index in [9.17, 15) is 14.4 Å². The van der Waals surface area contributed by atoms with Gasteiger partial charge in [-0.1, -0.05) is 13.8 Å². The molecule has 2 amide bonds. The molecule has 19 heavy (non-hydrogen) atoms. The van der Waals surface area contributed by atoms with Crippen LogP contribution in [-0.2, 0) is 19.2 Å². The molecule has 1 fully saturated rings. The second-order valence-electron chi connectivity index (χ2n) is 4.90. The van der Waals surface area contributed by atoms with Crippen LogP contribution >= 0.6 is 0 Å². The largest absolute Gasteiger partial charge is 0.479 e. The maximum atomic E-state index is 11.8. The normalized spacial score (nSPS) is 16.5. The number of nitrogens with one attached hydrogen (secondary N) is 1. The Hall–Kier alpha value is -1.63. The summed E-state index contributed by atoms with van der Waals surface area (Å²) >= 11 is 0. The molecule has 0 aliphatic carbocycles. The Kier molecular flexibility index (Phi) is 5.75. The maximum Gasteiger partial charge on any atom is 0.332 e. The first-order valence-corrected chi connectivity index (χ1v) is 6.34. The first kappa shape index (κ1) is 15.4. The first-order chi connectivity index (χ1) is 8.91. The molecule has 0 radical (unpaired) electrons. The third-order valence-electron chi connectivity index (χ3n) is 3.04.